The third kappa shape index (κ3) is 4.12. The third-order valence-corrected chi connectivity index (χ3v) is 4.40. The molecule has 132 valence electrons. The van der Waals surface area contributed by atoms with Crippen LogP contribution in [0.4, 0.5) is 0 Å². The van der Waals surface area contributed by atoms with E-state index in [1.807, 2.05) is 6.92 Å². The number of nitrogens with one attached hydrogen (secondary N) is 1. The van der Waals surface area contributed by atoms with Gasteiger partial charge in [0.05, 0.1) is 30.7 Å². The van der Waals surface area contributed by atoms with Crippen molar-refractivity contribution in [2.75, 3.05) is 13.7 Å². The predicted octanol–water partition coefficient (Wildman–Crippen LogP) is 3.26. The van der Waals surface area contributed by atoms with Crippen LogP contribution < -0.4 is 14.8 Å². The van der Waals surface area contributed by atoms with Crippen molar-refractivity contribution in [2.45, 2.75) is 44.6 Å². The lowest BCUT2D eigenvalue weighted by Crippen LogP contribution is -2.54. The monoisotopic (exact) mass is 355 g/mol. The minimum Gasteiger partial charge on any atom is -0.493 e. The zero-order chi connectivity index (χ0) is 17.7. The average molecular weight is 356 g/mol. The van der Waals surface area contributed by atoms with Crippen molar-refractivity contribution >= 4 is 23.5 Å². The van der Waals surface area contributed by atoms with Gasteiger partial charge in [-0.1, -0.05) is 18.5 Å². The Kier molecular flexibility index (Phi) is 5.94. The molecule has 1 aliphatic rings. The number of ether oxygens (including phenoxy) is 2. The smallest absolute Gasteiger partial charge is 0.305 e. The van der Waals surface area contributed by atoms with E-state index in [4.69, 9.17) is 26.2 Å². The maximum Gasteiger partial charge on any atom is 0.305 e. The number of benzene rings is 1. The minimum absolute atomic E-state index is 0.0820. The Morgan fingerprint density at radius 1 is 1.38 bits per heavy atom. The highest BCUT2D eigenvalue weighted by Gasteiger charge is 2.40. The van der Waals surface area contributed by atoms with E-state index in [0.29, 0.717) is 36.5 Å². The van der Waals surface area contributed by atoms with E-state index in [-0.39, 0.29) is 17.4 Å². The molecule has 24 heavy (non-hydrogen) atoms. The molecule has 0 saturated heterocycles. The molecule has 2 N–H and O–H groups in total. The number of halogens is 1. The molecule has 0 unspecified atom stereocenters. The van der Waals surface area contributed by atoms with Crippen LogP contribution >= 0.6 is 11.6 Å². The van der Waals surface area contributed by atoms with Gasteiger partial charge in [0.25, 0.3) is 5.91 Å². The van der Waals surface area contributed by atoms with Crippen molar-refractivity contribution in [3.63, 3.8) is 0 Å². The van der Waals surface area contributed by atoms with Crippen LogP contribution in [-0.2, 0) is 4.79 Å². The third-order valence-electron chi connectivity index (χ3n) is 4.12. The van der Waals surface area contributed by atoms with Crippen LogP contribution in [-0.4, -0.2) is 36.2 Å². The lowest BCUT2D eigenvalue weighted by atomic mass is 9.74. The molecule has 1 aromatic carbocycles. The van der Waals surface area contributed by atoms with Crippen LogP contribution in [0.2, 0.25) is 5.02 Å². The van der Waals surface area contributed by atoms with Crippen LogP contribution in [0.3, 0.4) is 0 Å². The van der Waals surface area contributed by atoms with E-state index < -0.39 is 11.5 Å². The van der Waals surface area contributed by atoms with Crippen LogP contribution in [0, 0.1) is 0 Å². The highest BCUT2D eigenvalue weighted by atomic mass is 35.5. The molecule has 0 aliphatic heterocycles. The molecular weight excluding hydrogens is 334 g/mol. The summed E-state index contributed by atoms with van der Waals surface area (Å²) in [6.45, 7) is 2.46. The number of carboxylic acid groups (broad SMARTS) is 1. The van der Waals surface area contributed by atoms with Crippen molar-refractivity contribution in [3.8, 4) is 11.5 Å². The SMILES string of the molecule is CCCOc1c(Cl)cc(C(=O)NC2(CC(=O)O)CCC2)cc1OC. The minimum atomic E-state index is -0.922. The van der Waals surface area contributed by atoms with Gasteiger partial charge < -0.3 is 19.9 Å². The predicted molar refractivity (Wildman–Crippen MR) is 90.1 cm³/mol. The van der Waals surface area contributed by atoms with Crippen LogP contribution in [0.15, 0.2) is 12.1 Å². The first-order valence-electron chi connectivity index (χ1n) is 7.95. The van der Waals surface area contributed by atoms with Crippen molar-refractivity contribution < 1.29 is 24.2 Å². The highest BCUT2D eigenvalue weighted by Crippen LogP contribution is 2.38. The molecule has 1 amide bonds. The summed E-state index contributed by atoms with van der Waals surface area (Å²) in [6.07, 6.45) is 2.96. The number of aliphatic carboxylic acids is 1. The second kappa shape index (κ2) is 7.75. The summed E-state index contributed by atoms with van der Waals surface area (Å²) < 4.78 is 10.8. The summed E-state index contributed by atoms with van der Waals surface area (Å²) in [6, 6.07) is 3.07. The largest absolute Gasteiger partial charge is 0.493 e. The molecule has 1 aliphatic carbocycles. The van der Waals surface area contributed by atoms with Crippen molar-refractivity contribution in [3.05, 3.63) is 22.7 Å². The first-order chi connectivity index (χ1) is 11.4. The molecule has 1 fully saturated rings. The van der Waals surface area contributed by atoms with Crippen LogP contribution in [0.25, 0.3) is 0 Å². The molecular formula is C17H22ClNO5. The van der Waals surface area contributed by atoms with Crippen LogP contribution in [0.5, 0.6) is 11.5 Å². The molecule has 2 rings (SSSR count). The highest BCUT2D eigenvalue weighted by molar-refractivity contribution is 6.32. The van der Waals surface area contributed by atoms with Gasteiger partial charge in [0.15, 0.2) is 11.5 Å². The first kappa shape index (κ1) is 18.4. The molecule has 0 heterocycles. The van der Waals surface area contributed by atoms with Gasteiger partial charge in [-0.15, -0.1) is 0 Å². The Morgan fingerprint density at radius 2 is 2.08 bits per heavy atom. The van der Waals surface area contributed by atoms with Crippen molar-refractivity contribution in [2.24, 2.45) is 0 Å². The number of carboxylic acids is 1. The normalized spacial score (nSPS) is 15.3. The van der Waals surface area contributed by atoms with Gasteiger partial charge >= 0.3 is 5.97 Å². The number of methoxy groups -OCH3 is 1. The molecule has 7 heteroatoms. The molecule has 0 radical (unpaired) electrons. The van der Waals surface area contributed by atoms with Gasteiger partial charge in [-0.25, -0.2) is 0 Å². The molecule has 0 atom stereocenters. The quantitative estimate of drug-likeness (QED) is 0.747. The Bertz CT molecular complexity index is 628. The molecule has 6 nitrogen and oxygen atoms in total. The summed E-state index contributed by atoms with van der Waals surface area (Å²) in [5.41, 5.74) is -0.350. The van der Waals surface area contributed by atoms with Gasteiger partial charge in [-0.2, -0.15) is 0 Å². The Balaban J connectivity index is 2.20. The van der Waals surface area contributed by atoms with E-state index >= 15 is 0 Å². The standard InChI is InChI=1S/C17H22ClNO5/c1-3-7-24-15-12(18)8-11(9-13(15)23-2)16(22)19-17(5-4-6-17)10-14(20)21/h8-9H,3-7,10H2,1-2H3,(H,19,22)(H,20,21). The maximum absolute atomic E-state index is 12.5. The molecule has 0 aromatic heterocycles. The fourth-order valence-electron chi connectivity index (χ4n) is 2.75. The topological polar surface area (TPSA) is 84.9 Å². The van der Waals surface area contributed by atoms with E-state index in [2.05, 4.69) is 5.32 Å². The Hall–Kier alpha value is -1.95. The summed E-state index contributed by atoms with van der Waals surface area (Å²) in [5.74, 6) is -0.504. The van der Waals surface area contributed by atoms with Crippen molar-refractivity contribution in [1.29, 1.82) is 0 Å². The van der Waals surface area contributed by atoms with Gasteiger partial charge in [0.2, 0.25) is 0 Å². The number of hydrogen-bond acceptors (Lipinski definition) is 4. The second-order valence-corrected chi connectivity index (χ2v) is 6.40. The van der Waals surface area contributed by atoms with E-state index in [1.54, 1.807) is 6.07 Å². The summed E-state index contributed by atoms with van der Waals surface area (Å²) in [5, 5.41) is 12.2. The van der Waals surface area contributed by atoms with Crippen molar-refractivity contribution in [1.82, 2.24) is 5.32 Å². The van der Waals surface area contributed by atoms with Gasteiger partial charge in [-0.3, -0.25) is 9.59 Å². The lowest BCUT2D eigenvalue weighted by molar-refractivity contribution is -0.139. The fourth-order valence-corrected chi connectivity index (χ4v) is 3.01. The summed E-state index contributed by atoms with van der Waals surface area (Å²) >= 11 is 6.22. The number of carbonyl (C=O) groups is 2. The Labute approximate surface area is 146 Å². The second-order valence-electron chi connectivity index (χ2n) is 6.00. The van der Waals surface area contributed by atoms with E-state index in [1.165, 1.54) is 13.2 Å². The number of rotatable bonds is 8. The van der Waals surface area contributed by atoms with Crippen LogP contribution in [0.1, 0.15) is 49.4 Å². The van der Waals surface area contributed by atoms with Gasteiger partial charge in [0, 0.05) is 5.56 Å². The number of hydrogen-bond donors (Lipinski definition) is 2. The molecule has 0 spiro atoms. The summed E-state index contributed by atoms with van der Waals surface area (Å²) in [4.78, 5) is 23.5. The zero-order valence-corrected chi connectivity index (χ0v) is 14.6. The molecule has 0 bridgehead atoms. The zero-order valence-electron chi connectivity index (χ0n) is 13.9. The first-order valence-corrected chi connectivity index (χ1v) is 8.33. The lowest BCUT2D eigenvalue weighted by Gasteiger charge is -2.41. The van der Waals surface area contributed by atoms with E-state index in [0.717, 1.165) is 12.8 Å². The molecule has 1 saturated carbocycles. The Morgan fingerprint density at radius 3 is 2.58 bits per heavy atom. The summed E-state index contributed by atoms with van der Waals surface area (Å²) in [7, 11) is 1.48. The number of carbonyl (C=O) groups excluding carboxylic acids is 1. The fraction of sp³-hybridized carbons (Fsp3) is 0.529. The van der Waals surface area contributed by atoms with Gasteiger partial charge in [-0.05, 0) is 37.8 Å². The van der Waals surface area contributed by atoms with Gasteiger partial charge in [0.1, 0.15) is 0 Å². The average Bonchev–Trinajstić information content (AvgIpc) is 2.50. The maximum atomic E-state index is 12.5. The number of amides is 1. The molecule has 1 aromatic rings. The van der Waals surface area contributed by atoms with E-state index in [9.17, 15) is 9.59 Å².